The van der Waals surface area contributed by atoms with Crippen molar-refractivity contribution in [3.05, 3.63) is 35.9 Å². The van der Waals surface area contributed by atoms with Gasteiger partial charge in [-0.3, -0.25) is 0 Å². The van der Waals surface area contributed by atoms with Crippen LogP contribution in [0.1, 0.15) is 44.3 Å². The quantitative estimate of drug-likeness (QED) is 0.831. The number of hydrogen-bond donors (Lipinski definition) is 1. The highest BCUT2D eigenvalue weighted by molar-refractivity contribution is 5.17. The van der Waals surface area contributed by atoms with E-state index >= 15 is 0 Å². The second-order valence-corrected chi connectivity index (χ2v) is 5.66. The van der Waals surface area contributed by atoms with E-state index < -0.39 is 0 Å². The van der Waals surface area contributed by atoms with Gasteiger partial charge in [0.2, 0.25) is 0 Å². The summed E-state index contributed by atoms with van der Waals surface area (Å²) in [5, 5.41) is 10.1. The second-order valence-electron chi connectivity index (χ2n) is 5.66. The topological polar surface area (TPSA) is 32.7 Å². The molecule has 1 aromatic carbocycles. The van der Waals surface area contributed by atoms with Crippen LogP contribution in [-0.4, -0.2) is 42.4 Å². The molecule has 0 aromatic heterocycles. The van der Waals surface area contributed by atoms with E-state index in [9.17, 15) is 5.11 Å². The van der Waals surface area contributed by atoms with Gasteiger partial charge in [-0.2, -0.15) is 0 Å². The maximum absolute atomic E-state index is 10.1. The van der Waals surface area contributed by atoms with Crippen LogP contribution in [0, 0.1) is 0 Å². The molecule has 1 N–H and O–H groups in total. The molecule has 2 rings (SSSR count). The number of rotatable bonds is 7. The van der Waals surface area contributed by atoms with Crippen molar-refractivity contribution in [1.29, 1.82) is 0 Å². The normalized spacial score (nSPS) is 19.7. The van der Waals surface area contributed by atoms with Crippen LogP contribution < -0.4 is 0 Å². The van der Waals surface area contributed by atoms with Crippen LogP contribution in [-0.2, 0) is 4.74 Å². The van der Waals surface area contributed by atoms with Crippen LogP contribution in [0.15, 0.2) is 30.3 Å². The summed E-state index contributed by atoms with van der Waals surface area (Å²) < 4.78 is 5.90. The fraction of sp³-hybridized carbons (Fsp3) is 0.647. The minimum absolute atomic E-state index is 0.0900. The zero-order valence-corrected chi connectivity index (χ0v) is 12.5. The molecule has 2 atom stereocenters. The number of benzene rings is 1. The highest BCUT2D eigenvalue weighted by atomic mass is 16.5. The summed E-state index contributed by atoms with van der Waals surface area (Å²) in [4.78, 5) is 2.35. The lowest BCUT2D eigenvalue weighted by Crippen LogP contribution is -2.38. The summed E-state index contributed by atoms with van der Waals surface area (Å²) in [6, 6.07) is 10.3. The molecule has 20 heavy (non-hydrogen) atoms. The van der Waals surface area contributed by atoms with Gasteiger partial charge < -0.3 is 14.7 Å². The average Bonchev–Trinajstić information content (AvgIpc) is 2.50. The van der Waals surface area contributed by atoms with Crippen LogP contribution in [0.5, 0.6) is 0 Å². The van der Waals surface area contributed by atoms with Crippen LogP contribution >= 0.6 is 0 Å². The van der Waals surface area contributed by atoms with Crippen molar-refractivity contribution in [2.75, 3.05) is 26.2 Å². The molecule has 1 heterocycles. The Labute approximate surface area is 122 Å². The van der Waals surface area contributed by atoms with Gasteiger partial charge in [0, 0.05) is 6.54 Å². The van der Waals surface area contributed by atoms with Gasteiger partial charge >= 0.3 is 0 Å². The summed E-state index contributed by atoms with van der Waals surface area (Å²) in [7, 11) is 0. The molecule has 1 fully saturated rings. The van der Waals surface area contributed by atoms with Crippen molar-refractivity contribution in [1.82, 2.24) is 4.90 Å². The number of hydrogen-bond acceptors (Lipinski definition) is 3. The largest absolute Gasteiger partial charge is 0.389 e. The lowest BCUT2D eigenvalue weighted by Gasteiger charge is -2.29. The maximum Gasteiger partial charge on any atom is 0.0900 e. The van der Waals surface area contributed by atoms with Gasteiger partial charge in [0.15, 0.2) is 0 Å². The molecular formula is C17H27NO2. The molecule has 0 radical (unpaired) electrons. The van der Waals surface area contributed by atoms with E-state index in [-0.39, 0.29) is 12.2 Å². The fourth-order valence-electron chi connectivity index (χ4n) is 2.84. The van der Waals surface area contributed by atoms with Gasteiger partial charge in [-0.15, -0.1) is 0 Å². The zero-order chi connectivity index (χ0) is 14.2. The minimum atomic E-state index is -0.383. The fourth-order valence-corrected chi connectivity index (χ4v) is 2.84. The Hall–Kier alpha value is -0.900. The van der Waals surface area contributed by atoms with Gasteiger partial charge in [-0.25, -0.2) is 0 Å². The second kappa shape index (κ2) is 8.40. The Bertz CT molecular complexity index is 363. The van der Waals surface area contributed by atoms with E-state index in [1.165, 1.54) is 24.8 Å². The maximum atomic E-state index is 10.1. The Morgan fingerprint density at radius 3 is 2.50 bits per heavy atom. The van der Waals surface area contributed by atoms with Gasteiger partial charge in [0.25, 0.3) is 0 Å². The summed E-state index contributed by atoms with van der Waals surface area (Å²) in [6.45, 7) is 5.52. The van der Waals surface area contributed by atoms with Crippen molar-refractivity contribution in [2.24, 2.45) is 0 Å². The summed E-state index contributed by atoms with van der Waals surface area (Å²) >= 11 is 0. The first-order valence-corrected chi connectivity index (χ1v) is 7.86. The number of piperidine rings is 1. The molecule has 1 aliphatic rings. The van der Waals surface area contributed by atoms with Crippen LogP contribution in [0.4, 0.5) is 0 Å². The van der Waals surface area contributed by atoms with E-state index in [0.717, 1.165) is 26.1 Å². The van der Waals surface area contributed by atoms with E-state index in [1.54, 1.807) is 0 Å². The van der Waals surface area contributed by atoms with Crippen LogP contribution in [0.25, 0.3) is 0 Å². The Morgan fingerprint density at radius 2 is 1.85 bits per heavy atom. The standard InChI is InChI=1S/C17H27NO2/c1-2-17(15-9-5-3-6-10-15)20-14-16(19)13-18-11-7-4-8-12-18/h3,5-6,9-10,16-17,19H,2,4,7-8,11-14H2,1H3/t16-,17+/m1/s1. The Balaban J connectivity index is 1.75. The van der Waals surface area contributed by atoms with E-state index in [4.69, 9.17) is 4.74 Å². The van der Waals surface area contributed by atoms with Crippen LogP contribution in [0.3, 0.4) is 0 Å². The number of aliphatic hydroxyl groups excluding tert-OH is 1. The van der Waals surface area contributed by atoms with Crippen LogP contribution in [0.2, 0.25) is 0 Å². The molecule has 1 aromatic rings. The van der Waals surface area contributed by atoms with Gasteiger partial charge in [0.05, 0.1) is 18.8 Å². The van der Waals surface area contributed by atoms with Gasteiger partial charge in [-0.1, -0.05) is 43.7 Å². The summed E-state index contributed by atoms with van der Waals surface area (Å²) in [6.07, 6.45) is 4.48. The lowest BCUT2D eigenvalue weighted by molar-refractivity contribution is -0.0252. The number of aliphatic hydroxyl groups is 1. The lowest BCUT2D eigenvalue weighted by atomic mass is 10.1. The zero-order valence-electron chi connectivity index (χ0n) is 12.5. The third-order valence-corrected chi connectivity index (χ3v) is 3.95. The molecule has 3 heteroatoms. The van der Waals surface area contributed by atoms with E-state index in [2.05, 4.69) is 24.0 Å². The first kappa shape index (κ1) is 15.5. The van der Waals surface area contributed by atoms with E-state index in [1.807, 2.05) is 18.2 Å². The average molecular weight is 277 g/mol. The molecule has 0 bridgehead atoms. The van der Waals surface area contributed by atoms with Gasteiger partial charge in [0.1, 0.15) is 0 Å². The molecule has 1 saturated heterocycles. The minimum Gasteiger partial charge on any atom is -0.389 e. The predicted octanol–water partition coefficient (Wildman–Crippen LogP) is 3.00. The first-order chi connectivity index (χ1) is 9.79. The third-order valence-electron chi connectivity index (χ3n) is 3.95. The van der Waals surface area contributed by atoms with Crippen molar-refractivity contribution in [3.63, 3.8) is 0 Å². The van der Waals surface area contributed by atoms with Gasteiger partial charge in [-0.05, 0) is 37.9 Å². The molecular weight excluding hydrogens is 250 g/mol. The van der Waals surface area contributed by atoms with Crippen molar-refractivity contribution in [2.45, 2.75) is 44.8 Å². The van der Waals surface area contributed by atoms with Crippen molar-refractivity contribution < 1.29 is 9.84 Å². The molecule has 3 nitrogen and oxygen atoms in total. The smallest absolute Gasteiger partial charge is 0.0900 e. The van der Waals surface area contributed by atoms with E-state index in [0.29, 0.717) is 6.61 Å². The Kier molecular flexibility index (Phi) is 6.51. The molecule has 1 aliphatic heterocycles. The molecule has 0 spiro atoms. The SMILES string of the molecule is CC[C@H](OC[C@H](O)CN1CCCCC1)c1ccccc1. The molecule has 0 unspecified atom stereocenters. The molecule has 112 valence electrons. The molecule has 0 aliphatic carbocycles. The molecule has 0 amide bonds. The number of nitrogens with zero attached hydrogens (tertiary/aromatic N) is 1. The van der Waals surface area contributed by atoms with Crippen molar-refractivity contribution >= 4 is 0 Å². The predicted molar refractivity (Wildman–Crippen MR) is 81.7 cm³/mol. The number of likely N-dealkylation sites (tertiary alicyclic amines) is 1. The number of ether oxygens (including phenoxy) is 1. The summed E-state index contributed by atoms with van der Waals surface area (Å²) in [5.41, 5.74) is 1.19. The highest BCUT2D eigenvalue weighted by Crippen LogP contribution is 2.20. The highest BCUT2D eigenvalue weighted by Gasteiger charge is 2.16. The third kappa shape index (κ3) is 4.89. The monoisotopic (exact) mass is 277 g/mol. The van der Waals surface area contributed by atoms with Crippen molar-refractivity contribution in [3.8, 4) is 0 Å². The molecule has 0 saturated carbocycles. The summed E-state index contributed by atoms with van der Waals surface area (Å²) in [5.74, 6) is 0. The Morgan fingerprint density at radius 1 is 1.15 bits per heavy atom. The first-order valence-electron chi connectivity index (χ1n) is 7.86. The number of β-amino-alcohol motifs (C(OH)–C–C–N with tert-alkyl or cyclic N) is 1.